The Hall–Kier alpha value is -1.57. The highest BCUT2D eigenvalue weighted by Crippen LogP contribution is 2.19. The zero-order valence-corrected chi connectivity index (χ0v) is 10.7. The van der Waals surface area contributed by atoms with E-state index in [1.165, 1.54) is 11.9 Å². The molecule has 0 aliphatic heterocycles. The Labute approximate surface area is 99.1 Å². The third-order valence-corrected chi connectivity index (χ3v) is 2.19. The molecule has 0 fully saturated rings. The van der Waals surface area contributed by atoms with Crippen LogP contribution in [0.4, 0.5) is 5.69 Å². The molecule has 0 saturated carbocycles. The molecule has 0 aliphatic rings. The smallest absolute Gasteiger partial charge is 0.0902 e. The molecular weight excluding hydrogens is 196 g/mol. The quantitative estimate of drug-likeness (QED) is 0.589. The molecule has 1 N–H and O–H groups in total. The number of benzene rings is 1. The Balaban J connectivity index is 0.00000106. The predicted molar refractivity (Wildman–Crippen MR) is 73.3 cm³/mol. The lowest BCUT2D eigenvalue weighted by molar-refractivity contribution is 0.867. The lowest BCUT2D eigenvalue weighted by Crippen LogP contribution is -2.11. The molecule has 16 heavy (non-hydrogen) atoms. The minimum atomic E-state index is 0.543. The van der Waals surface area contributed by atoms with Crippen LogP contribution in [0.2, 0.25) is 0 Å². The average Bonchev–Trinajstić information content (AvgIpc) is 2.34. The standard InChI is InChI=1S/C12H16N2.C2H6/c1-4-14(9-13)12-7-5-11(6-8-12)10(2)3;1-2/h4-10,13H,1H2,2-3H3;1-2H3. The zero-order chi connectivity index (χ0) is 12.6. The predicted octanol–water partition coefficient (Wildman–Crippen LogP) is 4.39. The number of anilines is 1. The van der Waals surface area contributed by atoms with Crippen molar-refractivity contribution in [2.75, 3.05) is 4.90 Å². The second-order valence-electron chi connectivity index (χ2n) is 3.47. The maximum absolute atomic E-state index is 7.17. The fourth-order valence-electron chi connectivity index (χ4n) is 1.26. The van der Waals surface area contributed by atoms with Crippen molar-refractivity contribution < 1.29 is 0 Å². The third kappa shape index (κ3) is 3.89. The molecule has 2 heteroatoms. The van der Waals surface area contributed by atoms with E-state index in [9.17, 15) is 0 Å². The number of hydrogen-bond donors (Lipinski definition) is 1. The van der Waals surface area contributed by atoms with E-state index < -0.39 is 0 Å². The molecule has 1 aromatic carbocycles. The fourth-order valence-corrected chi connectivity index (χ4v) is 1.26. The molecule has 0 spiro atoms. The average molecular weight is 218 g/mol. The largest absolute Gasteiger partial charge is 0.309 e. The van der Waals surface area contributed by atoms with Crippen LogP contribution in [0.3, 0.4) is 0 Å². The van der Waals surface area contributed by atoms with Crippen LogP contribution in [0, 0.1) is 5.41 Å². The first-order valence-corrected chi connectivity index (χ1v) is 5.70. The van der Waals surface area contributed by atoms with Crippen molar-refractivity contribution in [3.63, 3.8) is 0 Å². The van der Waals surface area contributed by atoms with Crippen molar-refractivity contribution in [3.8, 4) is 0 Å². The van der Waals surface area contributed by atoms with Gasteiger partial charge in [0.05, 0.1) is 6.34 Å². The van der Waals surface area contributed by atoms with E-state index in [-0.39, 0.29) is 0 Å². The van der Waals surface area contributed by atoms with Crippen LogP contribution in [-0.4, -0.2) is 6.34 Å². The highest BCUT2D eigenvalue weighted by molar-refractivity contribution is 5.79. The van der Waals surface area contributed by atoms with Crippen molar-refractivity contribution >= 4 is 12.0 Å². The molecule has 2 nitrogen and oxygen atoms in total. The highest BCUT2D eigenvalue weighted by atomic mass is 15.1. The van der Waals surface area contributed by atoms with Gasteiger partial charge in [-0.3, -0.25) is 5.41 Å². The van der Waals surface area contributed by atoms with Gasteiger partial charge in [0.25, 0.3) is 0 Å². The molecule has 0 atom stereocenters. The monoisotopic (exact) mass is 218 g/mol. The second-order valence-corrected chi connectivity index (χ2v) is 3.47. The lowest BCUT2D eigenvalue weighted by atomic mass is 10.0. The molecule has 88 valence electrons. The van der Waals surface area contributed by atoms with Crippen LogP contribution >= 0.6 is 0 Å². The van der Waals surface area contributed by atoms with Crippen LogP contribution in [0.1, 0.15) is 39.2 Å². The van der Waals surface area contributed by atoms with Gasteiger partial charge in [-0.2, -0.15) is 0 Å². The van der Waals surface area contributed by atoms with Gasteiger partial charge < -0.3 is 4.90 Å². The molecule has 0 saturated heterocycles. The van der Waals surface area contributed by atoms with Crippen LogP contribution < -0.4 is 4.90 Å². The van der Waals surface area contributed by atoms with Gasteiger partial charge in [-0.15, -0.1) is 0 Å². The molecule has 0 aromatic heterocycles. The summed E-state index contributed by atoms with van der Waals surface area (Å²) in [6, 6.07) is 8.17. The van der Waals surface area contributed by atoms with Gasteiger partial charge in [0, 0.05) is 11.9 Å². The summed E-state index contributed by atoms with van der Waals surface area (Å²) < 4.78 is 0. The molecule has 0 unspecified atom stereocenters. The number of nitrogens with zero attached hydrogens (tertiary/aromatic N) is 1. The van der Waals surface area contributed by atoms with Gasteiger partial charge in [-0.1, -0.05) is 46.4 Å². The minimum Gasteiger partial charge on any atom is -0.309 e. The van der Waals surface area contributed by atoms with Gasteiger partial charge in [-0.25, -0.2) is 0 Å². The summed E-state index contributed by atoms with van der Waals surface area (Å²) in [4.78, 5) is 1.67. The summed E-state index contributed by atoms with van der Waals surface area (Å²) in [5, 5.41) is 7.17. The maximum atomic E-state index is 7.17. The van der Waals surface area contributed by atoms with Crippen LogP contribution in [-0.2, 0) is 0 Å². The molecule has 0 radical (unpaired) electrons. The summed E-state index contributed by atoms with van der Waals surface area (Å²) in [6.45, 7) is 12.0. The highest BCUT2D eigenvalue weighted by Gasteiger charge is 2.01. The molecule has 0 bridgehead atoms. The SMILES string of the molecule is C=CN(C=N)c1ccc(C(C)C)cc1.CC. The minimum absolute atomic E-state index is 0.543. The van der Waals surface area contributed by atoms with E-state index in [4.69, 9.17) is 5.41 Å². The first kappa shape index (κ1) is 14.4. The number of nitrogens with one attached hydrogen (secondary N) is 1. The summed E-state index contributed by atoms with van der Waals surface area (Å²) in [7, 11) is 0. The second kappa shape index (κ2) is 7.69. The van der Waals surface area contributed by atoms with Gasteiger partial charge in [-0.05, 0) is 23.6 Å². The molecule has 1 rings (SSSR count). The zero-order valence-electron chi connectivity index (χ0n) is 10.7. The normalized spacial score (nSPS) is 9.06. The van der Waals surface area contributed by atoms with Gasteiger partial charge in [0.15, 0.2) is 0 Å². The Bertz CT molecular complexity index is 304. The van der Waals surface area contributed by atoms with Crippen LogP contribution in [0.5, 0.6) is 0 Å². The van der Waals surface area contributed by atoms with E-state index in [0.29, 0.717) is 5.92 Å². The third-order valence-electron chi connectivity index (χ3n) is 2.19. The van der Waals surface area contributed by atoms with Crippen molar-refractivity contribution in [1.29, 1.82) is 5.41 Å². The first-order chi connectivity index (χ1) is 7.69. The molecule has 0 amide bonds. The van der Waals surface area contributed by atoms with Crippen LogP contribution in [0.15, 0.2) is 37.0 Å². The van der Waals surface area contributed by atoms with Gasteiger partial charge in [0.1, 0.15) is 0 Å². The maximum Gasteiger partial charge on any atom is 0.0902 e. The summed E-state index contributed by atoms with van der Waals surface area (Å²) in [6.07, 6.45) is 2.87. The van der Waals surface area contributed by atoms with Crippen molar-refractivity contribution in [2.45, 2.75) is 33.6 Å². The van der Waals surface area contributed by atoms with Gasteiger partial charge in [0.2, 0.25) is 0 Å². The topological polar surface area (TPSA) is 27.1 Å². The lowest BCUT2D eigenvalue weighted by Gasteiger charge is -2.14. The Morgan fingerprint density at radius 3 is 2.00 bits per heavy atom. The Morgan fingerprint density at radius 1 is 1.19 bits per heavy atom. The summed E-state index contributed by atoms with van der Waals surface area (Å²) in [5.41, 5.74) is 2.28. The molecular formula is C14H22N2. The van der Waals surface area contributed by atoms with Crippen LogP contribution in [0.25, 0.3) is 0 Å². The first-order valence-electron chi connectivity index (χ1n) is 5.70. The Kier molecular flexibility index (Phi) is 6.93. The Morgan fingerprint density at radius 2 is 1.69 bits per heavy atom. The van der Waals surface area contributed by atoms with Crippen molar-refractivity contribution in [3.05, 3.63) is 42.6 Å². The van der Waals surface area contributed by atoms with E-state index in [1.807, 2.05) is 26.0 Å². The molecule has 0 heterocycles. The van der Waals surface area contributed by atoms with Gasteiger partial charge >= 0.3 is 0 Å². The number of hydrogen-bond acceptors (Lipinski definition) is 1. The van der Waals surface area contributed by atoms with E-state index in [0.717, 1.165) is 5.69 Å². The van der Waals surface area contributed by atoms with Crippen molar-refractivity contribution in [2.24, 2.45) is 0 Å². The summed E-state index contributed by atoms with van der Waals surface area (Å²) in [5.74, 6) is 0.543. The molecule has 0 aliphatic carbocycles. The summed E-state index contributed by atoms with van der Waals surface area (Å²) >= 11 is 0. The molecule has 1 aromatic rings. The van der Waals surface area contributed by atoms with E-state index in [1.54, 1.807) is 11.1 Å². The fraction of sp³-hybridized carbons (Fsp3) is 0.357. The van der Waals surface area contributed by atoms with Crippen molar-refractivity contribution in [1.82, 2.24) is 0 Å². The number of rotatable bonds is 4. The van der Waals surface area contributed by atoms with E-state index in [2.05, 4.69) is 32.6 Å². The van der Waals surface area contributed by atoms with E-state index >= 15 is 0 Å².